The Hall–Kier alpha value is -0.920. The van der Waals surface area contributed by atoms with Gasteiger partial charge in [0.1, 0.15) is 4.90 Å². The lowest BCUT2D eigenvalue weighted by molar-refractivity contribution is 0.184. The summed E-state index contributed by atoms with van der Waals surface area (Å²) in [4.78, 5) is 0.277. The predicted octanol–water partition coefficient (Wildman–Crippen LogP) is 1.55. The summed E-state index contributed by atoms with van der Waals surface area (Å²) in [6.07, 6.45) is 1.37. The lowest BCUT2D eigenvalue weighted by Gasteiger charge is -2.40. The van der Waals surface area contributed by atoms with E-state index in [0.29, 0.717) is 37.3 Å². The Bertz CT molecular complexity index is 519. The number of nitrogens with one attached hydrogen (secondary N) is 1. The Morgan fingerprint density at radius 1 is 1.25 bits per heavy atom. The van der Waals surface area contributed by atoms with Crippen molar-refractivity contribution in [1.82, 2.24) is 14.5 Å². The van der Waals surface area contributed by atoms with Gasteiger partial charge in [0.15, 0.2) is 0 Å². The monoisotopic (exact) mass is 302 g/mol. The lowest BCUT2D eigenvalue weighted by atomic mass is 9.93. The third kappa shape index (κ3) is 2.62. The van der Waals surface area contributed by atoms with Gasteiger partial charge in [0.2, 0.25) is 10.0 Å². The molecule has 0 unspecified atom stereocenters. The predicted molar refractivity (Wildman–Crippen MR) is 80.0 cm³/mol. The van der Waals surface area contributed by atoms with Crippen LogP contribution in [-0.4, -0.2) is 41.5 Å². The van der Waals surface area contributed by atoms with E-state index in [1.165, 1.54) is 4.31 Å². The number of hydrogen-bond acceptors (Lipinski definition) is 4. The fourth-order valence-corrected chi connectivity index (χ4v) is 5.04. The first kappa shape index (κ1) is 17.1. The van der Waals surface area contributed by atoms with Crippen molar-refractivity contribution in [2.24, 2.45) is 5.73 Å². The first-order valence-corrected chi connectivity index (χ1v) is 8.49. The van der Waals surface area contributed by atoms with Crippen LogP contribution in [0.4, 0.5) is 0 Å². The number of nitrogens with two attached hydrogens (primary N) is 1. The molecule has 0 aromatic carbocycles. The van der Waals surface area contributed by atoms with Crippen LogP contribution in [0.15, 0.2) is 4.90 Å². The van der Waals surface area contributed by atoms with Gasteiger partial charge in [-0.2, -0.15) is 9.40 Å². The summed E-state index contributed by atoms with van der Waals surface area (Å²) in [5.41, 5.74) is 6.43. The van der Waals surface area contributed by atoms with Crippen molar-refractivity contribution in [3.8, 4) is 0 Å². The molecule has 0 spiro atoms. The SMILES string of the molecule is CCN(C(CC)(CC)CN)S(=O)(=O)c1c(C)n[nH]c1C. The smallest absolute Gasteiger partial charge is 0.247 e. The number of aromatic nitrogens is 2. The molecule has 1 aromatic heterocycles. The van der Waals surface area contributed by atoms with Crippen LogP contribution in [0.25, 0.3) is 0 Å². The molecule has 6 nitrogen and oxygen atoms in total. The summed E-state index contributed by atoms with van der Waals surface area (Å²) < 4.78 is 27.5. The molecule has 1 heterocycles. The minimum Gasteiger partial charge on any atom is -0.329 e. The number of aromatic amines is 1. The molecule has 116 valence electrons. The maximum Gasteiger partial charge on any atom is 0.247 e. The Labute approximate surface area is 121 Å². The van der Waals surface area contributed by atoms with E-state index in [1.54, 1.807) is 13.8 Å². The number of aryl methyl sites for hydroxylation is 2. The van der Waals surface area contributed by atoms with Crippen molar-refractivity contribution in [3.05, 3.63) is 11.4 Å². The zero-order chi connectivity index (χ0) is 15.6. The molecule has 0 aliphatic rings. The molecule has 0 atom stereocenters. The molecule has 3 N–H and O–H groups in total. The summed E-state index contributed by atoms with van der Waals surface area (Å²) >= 11 is 0. The Morgan fingerprint density at radius 2 is 1.80 bits per heavy atom. The molecular formula is C13H26N4O2S. The molecule has 0 amide bonds. The zero-order valence-corrected chi connectivity index (χ0v) is 13.8. The minimum absolute atomic E-state index is 0.277. The van der Waals surface area contributed by atoms with Crippen LogP contribution >= 0.6 is 0 Å². The molecule has 1 aromatic rings. The van der Waals surface area contributed by atoms with Crippen molar-refractivity contribution in [3.63, 3.8) is 0 Å². The second-order valence-corrected chi connectivity index (χ2v) is 6.87. The Kier molecular flexibility index (Phi) is 5.34. The van der Waals surface area contributed by atoms with E-state index in [-0.39, 0.29) is 4.90 Å². The van der Waals surface area contributed by atoms with Gasteiger partial charge in [0, 0.05) is 18.6 Å². The first-order valence-electron chi connectivity index (χ1n) is 7.05. The van der Waals surface area contributed by atoms with Gasteiger partial charge in [-0.15, -0.1) is 0 Å². The van der Waals surface area contributed by atoms with Gasteiger partial charge in [0.25, 0.3) is 0 Å². The van der Waals surface area contributed by atoms with Crippen LogP contribution in [0.2, 0.25) is 0 Å². The van der Waals surface area contributed by atoms with Gasteiger partial charge < -0.3 is 5.73 Å². The van der Waals surface area contributed by atoms with Crippen molar-refractivity contribution in [2.75, 3.05) is 13.1 Å². The van der Waals surface area contributed by atoms with Crippen molar-refractivity contribution < 1.29 is 8.42 Å². The number of nitrogens with zero attached hydrogens (tertiary/aromatic N) is 2. The third-order valence-electron chi connectivity index (χ3n) is 4.12. The molecule has 0 radical (unpaired) electrons. The van der Waals surface area contributed by atoms with Crippen molar-refractivity contribution in [2.45, 2.75) is 57.9 Å². The van der Waals surface area contributed by atoms with Gasteiger partial charge in [-0.3, -0.25) is 5.10 Å². The molecule has 0 aliphatic heterocycles. The molecule has 1 rings (SSSR count). The molecule has 0 saturated heterocycles. The molecule has 0 saturated carbocycles. The van der Waals surface area contributed by atoms with Crippen LogP contribution < -0.4 is 5.73 Å². The highest BCUT2D eigenvalue weighted by molar-refractivity contribution is 7.89. The standard InChI is InChI=1S/C13H26N4O2S/c1-6-13(7-2,9-14)17(8-3)20(18,19)12-10(4)15-16-11(12)5/h6-9,14H2,1-5H3,(H,15,16). The quantitative estimate of drug-likeness (QED) is 0.799. The molecule has 7 heteroatoms. The highest BCUT2D eigenvalue weighted by Gasteiger charge is 2.41. The van der Waals surface area contributed by atoms with E-state index >= 15 is 0 Å². The van der Waals surface area contributed by atoms with Crippen molar-refractivity contribution >= 4 is 10.0 Å². The number of H-pyrrole nitrogens is 1. The Morgan fingerprint density at radius 3 is 2.10 bits per heavy atom. The third-order valence-corrected chi connectivity index (χ3v) is 6.46. The first-order chi connectivity index (χ1) is 9.30. The summed E-state index contributed by atoms with van der Waals surface area (Å²) in [5, 5.41) is 6.74. The average molecular weight is 302 g/mol. The molecular weight excluding hydrogens is 276 g/mol. The van der Waals surface area contributed by atoms with Gasteiger partial charge >= 0.3 is 0 Å². The number of rotatable bonds is 7. The molecule has 20 heavy (non-hydrogen) atoms. The van der Waals surface area contributed by atoms with Crippen molar-refractivity contribution in [1.29, 1.82) is 0 Å². The second kappa shape index (κ2) is 6.24. The highest BCUT2D eigenvalue weighted by atomic mass is 32.2. The van der Waals surface area contributed by atoms with Crippen LogP contribution in [-0.2, 0) is 10.0 Å². The largest absolute Gasteiger partial charge is 0.329 e. The molecule has 0 aliphatic carbocycles. The van der Waals surface area contributed by atoms with E-state index in [2.05, 4.69) is 10.2 Å². The maximum atomic E-state index is 13.0. The van der Waals surface area contributed by atoms with E-state index in [0.717, 1.165) is 0 Å². The van der Waals surface area contributed by atoms with Gasteiger partial charge in [0.05, 0.1) is 11.4 Å². The summed E-state index contributed by atoms with van der Waals surface area (Å²) in [7, 11) is -3.60. The van der Waals surface area contributed by atoms with Gasteiger partial charge in [-0.1, -0.05) is 20.8 Å². The second-order valence-electron chi connectivity index (χ2n) is 5.07. The fourth-order valence-electron chi connectivity index (χ4n) is 2.78. The van der Waals surface area contributed by atoms with E-state index in [1.807, 2.05) is 20.8 Å². The topological polar surface area (TPSA) is 92.1 Å². The van der Waals surface area contributed by atoms with Crippen LogP contribution in [0, 0.1) is 13.8 Å². The minimum atomic E-state index is -3.60. The molecule has 0 bridgehead atoms. The lowest BCUT2D eigenvalue weighted by Crippen LogP contribution is -2.55. The maximum absolute atomic E-state index is 13.0. The average Bonchev–Trinajstić information content (AvgIpc) is 2.75. The summed E-state index contributed by atoms with van der Waals surface area (Å²) in [6, 6.07) is 0. The summed E-state index contributed by atoms with van der Waals surface area (Å²) in [5.74, 6) is 0. The van der Waals surface area contributed by atoms with E-state index < -0.39 is 15.6 Å². The zero-order valence-electron chi connectivity index (χ0n) is 13.0. The van der Waals surface area contributed by atoms with Gasteiger partial charge in [-0.25, -0.2) is 8.42 Å². The fraction of sp³-hybridized carbons (Fsp3) is 0.769. The van der Waals surface area contributed by atoms with Crippen LogP contribution in [0.3, 0.4) is 0 Å². The van der Waals surface area contributed by atoms with Gasteiger partial charge in [-0.05, 0) is 26.7 Å². The van der Waals surface area contributed by atoms with Crippen LogP contribution in [0.1, 0.15) is 45.0 Å². The summed E-state index contributed by atoms with van der Waals surface area (Å²) in [6.45, 7) is 9.93. The highest BCUT2D eigenvalue weighted by Crippen LogP contribution is 2.31. The number of sulfonamides is 1. The Balaban J connectivity index is 3.44. The number of likely N-dealkylation sites (N-methyl/N-ethyl adjacent to an activating group) is 1. The number of hydrogen-bond donors (Lipinski definition) is 2. The van der Waals surface area contributed by atoms with E-state index in [9.17, 15) is 8.42 Å². The molecule has 0 fully saturated rings. The van der Waals surface area contributed by atoms with E-state index in [4.69, 9.17) is 5.73 Å². The van der Waals surface area contributed by atoms with Crippen LogP contribution in [0.5, 0.6) is 0 Å². The normalized spacial score (nSPS) is 13.2.